The lowest BCUT2D eigenvalue weighted by molar-refractivity contribution is -0.130. The van der Waals surface area contributed by atoms with Gasteiger partial charge in [0.2, 0.25) is 15.9 Å². The maximum atomic E-state index is 13.7. The predicted molar refractivity (Wildman–Crippen MR) is 142 cm³/mol. The number of likely N-dealkylation sites (N-methyl/N-ethyl adjacent to an activating group) is 1. The summed E-state index contributed by atoms with van der Waals surface area (Å²) in [4.78, 5) is 18.8. The molecule has 37 heavy (non-hydrogen) atoms. The van der Waals surface area contributed by atoms with E-state index in [-0.39, 0.29) is 36.3 Å². The summed E-state index contributed by atoms with van der Waals surface area (Å²) in [6, 6.07) is 8.37. The lowest BCUT2D eigenvalue weighted by atomic mass is 9.93. The number of pyridine rings is 1. The van der Waals surface area contributed by atoms with Gasteiger partial charge in [-0.15, -0.1) is 0 Å². The zero-order chi connectivity index (χ0) is 26.6. The lowest BCUT2D eigenvalue weighted by Crippen LogP contribution is -2.50. The van der Waals surface area contributed by atoms with Gasteiger partial charge in [-0.05, 0) is 67.5 Å². The van der Waals surface area contributed by atoms with Crippen LogP contribution in [0.5, 0.6) is 5.75 Å². The lowest BCUT2D eigenvalue weighted by Gasteiger charge is -2.37. The van der Waals surface area contributed by atoms with Crippen LogP contribution in [0, 0.1) is 5.92 Å². The Morgan fingerprint density at radius 3 is 2.78 bits per heavy atom. The average molecular weight is 528 g/mol. The highest BCUT2D eigenvalue weighted by Crippen LogP contribution is 2.37. The summed E-state index contributed by atoms with van der Waals surface area (Å²) in [5.41, 5.74) is 2.99. The molecule has 0 bridgehead atoms. The Morgan fingerprint density at radius 1 is 1.30 bits per heavy atom. The van der Waals surface area contributed by atoms with Crippen LogP contribution >= 0.6 is 0 Å². The molecule has 1 N–H and O–H groups in total. The number of hydrogen-bond donors (Lipinski definition) is 1. The van der Waals surface area contributed by atoms with E-state index in [4.69, 9.17) is 4.74 Å². The Bertz CT molecular complexity index is 1230. The van der Waals surface area contributed by atoms with E-state index >= 15 is 0 Å². The number of aromatic nitrogens is 1. The molecule has 2 aliphatic rings. The van der Waals surface area contributed by atoms with Gasteiger partial charge in [-0.1, -0.05) is 25.1 Å². The summed E-state index contributed by atoms with van der Waals surface area (Å²) in [5, 5.41) is 9.85. The number of carbonyl (C=O) groups excluding carboxylic acids is 1. The van der Waals surface area contributed by atoms with Crippen LogP contribution < -0.4 is 4.74 Å². The van der Waals surface area contributed by atoms with Crippen LogP contribution in [0.25, 0.3) is 5.57 Å². The number of benzene rings is 1. The molecule has 0 saturated heterocycles. The van der Waals surface area contributed by atoms with Gasteiger partial charge in [-0.3, -0.25) is 9.78 Å². The topological polar surface area (TPSA) is 100 Å². The molecule has 8 nitrogen and oxygen atoms in total. The Balaban J connectivity index is 1.67. The molecule has 9 heteroatoms. The minimum atomic E-state index is -3.90. The zero-order valence-electron chi connectivity index (χ0n) is 21.8. The van der Waals surface area contributed by atoms with Crippen LogP contribution in [0.3, 0.4) is 0 Å². The van der Waals surface area contributed by atoms with E-state index in [1.54, 1.807) is 43.4 Å². The maximum absolute atomic E-state index is 13.7. The van der Waals surface area contributed by atoms with Crippen molar-refractivity contribution in [3.63, 3.8) is 0 Å². The molecule has 4 rings (SSSR count). The third-order valence-corrected chi connectivity index (χ3v) is 9.31. The normalized spacial score (nSPS) is 22.5. The number of amides is 1. The second-order valence-corrected chi connectivity index (χ2v) is 12.0. The van der Waals surface area contributed by atoms with Crippen molar-refractivity contribution in [2.24, 2.45) is 5.92 Å². The SMILES string of the molecule is C[C@H](CO)N1C[C@H](C)[C@H](CN(C)C(=O)Cc2cccnc2)Oc2cc(C3=CCCCC3)ccc2S1(=O)=O. The van der Waals surface area contributed by atoms with Gasteiger partial charge < -0.3 is 14.7 Å². The molecule has 0 saturated carbocycles. The van der Waals surface area contributed by atoms with Crippen molar-refractivity contribution in [2.45, 2.75) is 63.0 Å². The van der Waals surface area contributed by atoms with Crippen molar-refractivity contribution in [1.82, 2.24) is 14.2 Å². The van der Waals surface area contributed by atoms with Crippen molar-refractivity contribution in [2.75, 3.05) is 26.7 Å². The molecule has 3 atom stereocenters. The maximum Gasteiger partial charge on any atom is 0.247 e. The highest BCUT2D eigenvalue weighted by atomic mass is 32.2. The number of aliphatic hydroxyl groups is 1. The third kappa shape index (κ3) is 6.22. The van der Waals surface area contributed by atoms with Gasteiger partial charge in [-0.2, -0.15) is 4.31 Å². The second kappa shape index (κ2) is 11.8. The third-order valence-electron chi connectivity index (χ3n) is 7.29. The summed E-state index contributed by atoms with van der Waals surface area (Å²) in [5.74, 6) is -0.00714. The molecule has 2 aromatic rings. The summed E-state index contributed by atoms with van der Waals surface area (Å²) >= 11 is 0. The average Bonchev–Trinajstić information content (AvgIpc) is 2.91. The molecule has 1 aliphatic heterocycles. The van der Waals surface area contributed by atoms with Crippen LogP contribution in [-0.4, -0.2) is 72.5 Å². The standard InChI is InChI=1S/C28H37N3O5S/c1-20-17-31(21(2)19-32)37(34,35)27-12-11-24(23-9-5-4-6-10-23)15-25(27)36-26(20)18-30(3)28(33)14-22-8-7-13-29-16-22/h7-9,11-13,15-16,20-21,26,32H,4-6,10,14,17-19H2,1-3H3/t20-,21+,26-/m0/s1. The van der Waals surface area contributed by atoms with E-state index in [0.29, 0.717) is 12.3 Å². The van der Waals surface area contributed by atoms with E-state index in [2.05, 4.69) is 11.1 Å². The van der Waals surface area contributed by atoms with Crippen LogP contribution in [0.1, 0.15) is 50.7 Å². The molecule has 0 fully saturated rings. The quantitative estimate of drug-likeness (QED) is 0.592. The minimum Gasteiger partial charge on any atom is -0.487 e. The van der Waals surface area contributed by atoms with Crippen molar-refractivity contribution in [1.29, 1.82) is 0 Å². The summed E-state index contributed by atoms with van der Waals surface area (Å²) in [6.07, 6.45) is 9.57. The summed E-state index contributed by atoms with van der Waals surface area (Å²) < 4.78 is 35.2. The summed E-state index contributed by atoms with van der Waals surface area (Å²) in [6.45, 7) is 3.81. The second-order valence-electron chi connectivity index (χ2n) is 10.2. The van der Waals surface area contributed by atoms with Crippen LogP contribution in [-0.2, 0) is 21.2 Å². The first-order valence-electron chi connectivity index (χ1n) is 13.0. The molecule has 1 aliphatic carbocycles. The number of carbonyl (C=O) groups is 1. The molecule has 0 spiro atoms. The number of allylic oxidation sites excluding steroid dienone is 2. The fourth-order valence-electron chi connectivity index (χ4n) is 4.93. The van der Waals surface area contributed by atoms with Crippen LogP contribution in [0.4, 0.5) is 0 Å². The Labute approximate surface area is 220 Å². The number of fused-ring (bicyclic) bond motifs is 1. The zero-order valence-corrected chi connectivity index (χ0v) is 22.7. The molecule has 2 heterocycles. The molecule has 1 aromatic heterocycles. The van der Waals surface area contributed by atoms with Crippen LogP contribution in [0.2, 0.25) is 0 Å². The first-order valence-corrected chi connectivity index (χ1v) is 14.4. The Kier molecular flexibility index (Phi) is 8.67. The molecule has 0 unspecified atom stereocenters. The first-order chi connectivity index (χ1) is 17.7. The van der Waals surface area contributed by atoms with Crippen molar-refractivity contribution in [3.05, 3.63) is 59.9 Å². The van der Waals surface area contributed by atoms with E-state index in [1.807, 2.05) is 25.1 Å². The predicted octanol–water partition coefficient (Wildman–Crippen LogP) is 3.51. The van der Waals surface area contributed by atoms with Gasteiger partial charge >= 0.3 is 0 Å². The monoisotopic (exact) mass is 527 g/mol. The van der Waals surface area contributed by atoms with E-state index in [1.165, 1.54) is 9.88 Å². The number of nitrogens with zero attached hydrogens (tertiary/aromatic N) is 3. The fraction of sp³-hybridized carbons (Fsp3) is 0.500. The highest BCUT2D eigenvalue weighted by molar-refractivity contribution is 7.89. The molecular weight excluding hydrogens is 490 g/mol. The van der Waals surface area contributed by atoms with E-state index in [0.717, 1.165) is 36.8 Å². The number of aliphatic hydroxyl groups excluding tert-OH is 1. The molecular formula is C28H37N3O5S. The van der Waals surface area contributed by atoms with Crippen molar-refractivity contribution < 1.29 is 23.1 Å². The Morgan fingerprint density at radius 2 is 2.11 bits per heavy atom. The van der Waals surface area contributed by atoms with Crippen LogP contribution in [0.15, 0.2) is 53.7 Å². The van der Waals surface area contributed by atoms with Gasteiger partial charge in [0.25, 0.3) is 0 Å². The number of sulfonamides is 1. The molecule has 200 valence electrons. The van der Waals surface area contributed by atoms with Crippen molar-refractivity contribution >= 4 is 21.5 Å². The summed E-state index contributed by atoms with van der Waals surface area (Å²) in [7, 11) is -2.16. The Hall–Kier alpha value is -2.75. The van der Waals surface area contributed by atoms with Crippen molar-refractivity contribution in [3.8, 4) is 5.75 Å². The molecule has 1 aromatic carbocycles. The van der Waals surface area contributed by atoms with Gasteiger partial charge in [0.05, 0.1) is 19.6 Å². The van der Waals surface area contributed by atoms with Gasteiger partial charge in [-0.25, -0.2) is 8.42 Å². The number of hydrogen-bond acceptors (Lipinski definition) is 6. The molecule has 0 radical (unpaired) electrons. The van der Waals surface area contributed by atoms with Gasteiger partial charge in [0.1, 0.15) is 16.7 Å². The smallest absolute Gasteiger partial charge is 0.247 e. The van der Waals surface area contributed by atoms with Gasteiger partial charge in [0, 0.05) is 37.9 Å². The molecule has 1 amide bonds. The van der Waals surface area contributed by atoms with E-state index in [9.17, 15) is 18.3 Å². The fourth-order valence-corrected chi connectivity index (χ4v) is 6.75. The minimum absolute atomic E-state index is 0.0691. The first kappa shape index (κ1) is 27.3. The number of rotatable bonds is 7. The number of ether oxygens (including phenoxy) is 1. The van der Waals surface area contributed by atoms with E-state index < -0.39 is 22.2 Å². The highest BCUT2D eigenvalue weighted by Gasteiger charge is 2.38. The largest absolute Gasteiger partial charge is 0.487 e. The van der Waals surface area contributed by atoms with Gasteiger partial charge in [0.15, 0.2) is 0 Å².